The fraction of sp³-hybridized carbons (Fsp3) is 0.208. The van der Waals surface area contributed by atoms with E-state index in [9.17, 15) is 9.18 Å². The van der Waals surface area contributed by atoms with Gasteiger partial charge in [0.15, 0.2) is 0 Å². The number of carbonyl (C=O) groups is 1. The minimum Gasteiger partial charge on any atom is -0.496 e. The Bertz CT molecular complexity index is 973. The van der Waals surface area contributed by atoms with Crippen molar-refractivity contribution in [3.05, 3.63) is 101 Å². The molecule has 3 aromatic rings. The molecule has 28 heavy (non-hydrogen) atoms. The first kappa shape index (κ1) is 18.2. The summed E-state index contributed by atoms with van der Waals surface area (Å²) in [7, 11) is 1.63. The summed E-state index contributed by atoms with van der Waals surface area (Å²) in [4.78, 5) is 13.0. The van der Waals surface area contributed by atoms with Gasteiger partial charge in [-0.1, -0.05) is 60.7 Å². The van der Waals surface area contributed by atoms with Crippen LogP contribution in [-0.4, -0.2) is 13.0 Å². The third-order valence-electron chi connectivity index (χ3n) is 5.27. The molecule has 1 aliphatic carbocycles. The van der Waals surface area contributed by atoms with Crippen LogP contribution in [0.25, 0.3) is 0 Å². The number of hydrogen-bond acceptors (Lipinski definition) is 2. The molecule has 4 heteroatoms. The zero-order chi connectivity index (χ0) is 19.5. The molecule has 0 radical (unpaired) electrons. The largest absolute Gasteiger partial charge is 0.496 e. The zero-order valence-electron chi connectivity index (χ0n) is 15.6. The standard InChI is InChI=1S/C24H22FNO2/c1-28-22-13-6-5-12-19(22)23(16-8-3-2-4-9-16)26-24(27)21-15-20(21)17-10-7-11-18(25)14-17/h2-14,20-21,23H,15H2,1H3,(H,26,27). The molecular formula is C24H22FNO2. The molecule has 3 unspecified atom stereocenters. The normalized spacial score (nSPS) is 18.9. The van der Waals surface area contributed by atoms with Crippen molar-refractivity contribution in [1.82, 2.24) is 5.32 Å². The summed E-state index contributed by atoms with van der Waals surface area (Å²) in [5.74, 6) is 0.385. The number of nitrogens with one attached hydrogen (secondary N) is 1. The molecule has 4 rings (SSSR count). The quantitative estimate of drug-likeness (QED) is 0.669. The van der Waals surface area contributed by atoms with Crippen LogP contribution in [0.5, 0.6) is 5.75 Å². The van der Waals surface area contributed by atoms with Gasteiger partial charge in [-0.3, -0.25) is 4.79 Å². The Morgan fingerprint density at radius 2 is 1.79 bits per heavy atom. The number of carbonyl (C=O) groups excluding carboxylic acids is 1. The lowest BCUT2D eigenvalue weighted by Crippen LogP contribution is -2.31. The Labute approximate surface area is 164 Å². The lowest BCUT2D eigenvalue weighted by Gasteiger charge is -2.22. The number of amides is 1. The topological polar surface area (TPSA) is 38.3 Å². The van der Waals surface area contributed by atoms with Gasteiger partial charge in [-0.05, 0) is 41.7 Å². The van der Waals surface area contributed by atoms with Crippen molar-refractivity contribution in [3.63, 3.8) is 0 Å². The maximum Gasteiger partial charge on any atom is 0.224 e. The molecule has 3 nitrogen and oxygen atoms in total. The summed E-state index contributed by atoms with van der Waals surface area (Å²) in [6, 6.07) is 23.8. The summed E-state index contributed by atoms with van der Waals surface area (Å²) in [5.41, 5.74) is 2.78. The molecule has 0 heterocycles. The Morgan fingerprint density at radius 1 is 1.04 bits per heavy atom. The second kappa shape index (κ2) is 7.85. The molecule has 1 aliphatic rings. The van der Waals surface area contributed by atoms with E-state index in [1.807, 2.05) is 60.7 Å². The molecule has 0 bridgehead atoms. The number of rotatable bonds is 6. The van der Waals surface area contributed by atoms with E-state index in [-0.39, 0.29) is 29.6 Å². The van der Waals surface area contributed by atoms with E-state index in [0.717, 1.165) is 28.9 Å². The number of methoxy groups -OCH3 is 1. The minimum absolute atomic E-state index is 0.0194. The first-order valence-electron chi connectivity index (χ1n) is 9.41. The van der Waals surface area contributed by atoms with Crippen LogP contribution in [0.2, 0.25) is 0 Å². The Balaban J connectivity index is 1.58. The smallest absolute Gasteiger partial charge is 0.224 e. The number of benzene rings is 3. The Morgan fingerprint density at radius 3 is 2.54 bits per heavy atom. The molecule has 3 atom stereocenters. The SMILES string of the molecule is COc1ccccc1C(NC(=O)C1CC1c1cccc(F)c1)c1ccccc1. The zero-order valence-corrected chi connectivity index (χ0v) is 15.6. The number of hydrogen-bond donors (Lipinski definition) is 1. The van der Waals surface area contributed by atoms with Gasteiger partial charge in [-0.25, -0.2) is 4.39 Å². The number of halogens is 1. The summed E-state index contributed by atoms with van der Waals surface area (Å²) in [6.45, 7) is 0. The highest BCUT2D eigenvalue weighted by molar-refractivity contribution is 5.83. The second-order valence-corrected chi connectivity index (χ2v) is 7.10. The Hall–Kier alpha value is -3.14. The van der Waals surface area contributed by atoms with E-state index in [1.165, 1.54) is 12.1 Å². The van der Waals surface area contributed by atoms with Crippen LogP contribution >= 0.6 is 0 Å². The summed E-state index contributed by atoms with van der Waals surface area (Å²) >= 11 is 0. The lowest BCUT2D eigenvalue weighted by molar-refractivity contribution is -0.122. The second-order valence-electron chi connectivity index (χ2n) is 7.10. The van der Waals surface area contributed by atoms with Crippen LogP contribution in [0, 0.1) is 11.7 Å². The maximum absolute atomic E-state index is 13.5. The lowest BCUT2D eigenvalue weighted by atomic mass is 9.97. The van der Waals surface area contributed by atoms with Crippen molar-refractivity contribution in [2.45, 2.75) is 18.4 Å². The minimum atomic E-state index is -0.307. The molecule has 1 amide bonds. The number of para-hydroxylation sites is 1. The van der Waals surface area contributed by atoms with Crippen LogP contribution in [-0.2, 0) is 4.79 Å². The average molecular weight is 375 g/mol. The van der Waals surface area contributed by atoms with Gasteiger partial charge in [0.1, 0.15) is 11.6 Å². The monoisotopic (exact) mass is 375 g/mol. The van der Waals surface area contributed by atoms with E-state index >= 15 is 0 Å². The molecule has 0 saturated heterocycles. The van der Waals surface area contributed by atoms with Crippen molar-refractivity contribution in [2.24, 2.45) is 5.92 Å². The van der Waals surface area contributed by atoms with E-state index in [0.29, 0.717) is 0 Å². The van der Waals surface area contributed by atoms with Gasteiger partial charge in [-0.2, -0.15) is 0 Å². The van der Waals surface area contributed by atoms with Crippen LogP contribution in [0.1, 0.15) is 35.1 Å². The molecule has 0 aromatic heterocycles. The average Bonchev–Trinajstić information content (AvgIpc) is 3.54. The molecule has 1 N–H and O–H groups in total. The van der Waals surface area contributed by atoms with Gasteiger partial charge in [0, 0.05) is 11.5 Å². The molecule has 0 aliphatic heterocycles. The first-order valence-corrected chi connectivity index (χ1v) is 9.41. The van der Waals surface area contributed by atoms with Crippen LogP contribution in [0.3, 0.4) is 0 Å². The number of ether oxygens (including phenoxy) is 1. The van der Waals surface area contributed by atoms with Gasteiger partial charge < -0.3 is 10.1 Å². The van der Waals surface area contributed by atoms with Crippen LogP contribution < -0.4 is 10.1 Å². The van der Waals surface area contributed by atoms with E-state index in [2.05, 4.69) is 5.32 Å². The highest BCUT2D eigenvalue weighted by atomic mass is 19.1. The summed E-state index contributed by atoms with van der Waals surface area (Å²) in [6.07, 6.45) is 0.739. The fourth-order valence-corrected chi connectivity index (χ4v) is 3.73. The highest BCUT2D eigenvalue weighted by Crippen LogP contribution is 2.48. The van der Waals surface area contributed by atoms with Crippen molar-refractivity contribution >= 4 is 5.91 Å². The molecule has 142 valence electrons. The van der Waals surface area contributed by atoms with Crippen molar-refractivity contribution in [1.29, 1.82) is 0 Å². The van der Waals surface area contributed by atoms with Crippen molar-refractivity contribution in [3.8, 4) is 5.75 Å². The van der Waals surface area contributed by atoms with Crippen LogP contribution in [0.4, 0.5) is 4.39 Å². The third-order valence-corrected chi connectivity index (χ3v) is 5.27. The van der Waals surface area contributed by atoms with Gasteiger partial charge in [0.05, 0.1) is 13.2 Å². The third kappa shape index (κ3) is 3.77. The van der Waals surface area contributed by atoms with E-state index in [4.69, 9.17) is 4.74 Å². The first-order chi connectivity index (χ1) is 13.7. The van der Waals surface area contributed by atoms with Gasteiger partial charge in [0.25, 0.3) is 0 Å². The molecule has 3 aromatic carbocycles. The van der Waals surface area contributed by atoms with Gasteiger partial charge in [-0.15, -0.1) is 0 Å². The molecular weight excluding hydrogens is 353 g/mol. The summed E-state index contributed by atoms with van der Waals surface area (Å²) in [5, 5.41) is 3.19. The van der Waals surface area contributed by atoms with Gasteiger partial charge in [0.2, 0.25) is 5.91 Å². The van der Waals surface area contributed by atoms with Gasteiger partial charge >= 0.3 is 0 Å². The van der Waals surface area contributed by atoms with Crippen LogP contribution in [0.15, 0.2) is 78.9 Å². The Kier molecular flexibility index (Phi) is 5.11. The molecule has 1 saturated carbocycles. The molecule has 0 spiro atoms. The van der Waals surface area contributed by atoms with E-state index < -0.39 is 0 Å². The van der Waals surface area contributed by atoms with Crippen molar-refractivity contribution in [2.75, 3.05) is 7.11 Å². The van der Waals surface area contributed by atoms with E-state index in [1.54, 1.807) is 13.2 Å². The predicted molar refractivity (Wildman–Crippen MR) is 107 cm³/mol. The summed E-state index contributed by atoms with van der Waals surface area (Å²) < 4.78 is 19.0. The molecule has 1 fully saturated rings. The highest BCUT2D eigenvalue weighted by Gasteiger charge is 2.44. The maximum atomic E-state index is 13.5. The van der Waals surface area contributed by atoms with Crippen molar-refractivity contribution < 1.29 is 13.9 Å². The fourth-order valence-electron chi connectivity index (χ4n) is 3.73. The predicted octanol–water partition coefficient (Wildman–Crippen LogP) is 4.84.